The second-order valence-corrected chi connectivity index (χ2v) is 8.67. The fourth-order valence-electron chi connectivity index (χ4n) is 4.09. The molecule has 0 bridgehead atoms. The van der Waals surface area contributed by atoms with Crippen LogP contribution < -0.4 is 10.6 Å². The molecule has 196 valence electrons. The maximum absolute atomic E-state index is 13.3. The average Bonchev–Trinajstić information content (AvgIpc) is 3.47. The fourth-order valence-corrected chi connectivity index (χ4v) is 4.09. The number of rotatable bonds is 10. The van der Waals surface area contributed by atoms with Gasteiger partial charge in [0.05, 0.1) is 31.0 Å². The van der Waals surface area contributed by atoms with Crippen LogP contribution >= 0.6 is 0 Å². The number of fused-ring (bicyclic) bond motifs is 1. The lowest BCUT2D eigenvalue weighted by Crippen LogP contribution is -2.50. The molecule has 2 N–H and O–H groups in total. The molecule has 4 amide bonds. The number of methoxy groups -OCH3 is 1. The number of carbonyl (C=O) groups is 5. The number of hydrogen-bond acceptors (Lipinski definition) is 8. The first-order valence-corrected chi connectivity index (χ1v) is 11.8. The molecule has 2 heterocycles. The summed E-state index contributed by atoms with van der Waals surface area (Å²) in [5.74, 6) is -2.65. The Morgan fingerprint density at radius 2 is 1.61 bits per heavy atom. The maximum Gasteiger partial charge on any atom is 0.328 e. The van der Waals surface area contributed by atoms with Gasteiger partial charge in [-0.2, -0.15) is 0 Å². The molecule has 38 heavy (non-hydrogen) atoms. The summed E-state index contributed by atoms with van der Waals surface area (Å²) in [5.41, 5.74) is 1.65. The van der Waals surface area contributed by atoms with Crippen LogP contribution in [0, 0.1) is 0 Å². The summed E-state index contributed by atoms with van der Waals surface area (Å²) in [5, 5.41) is 13.0. The van der Waals surface area contributed by atoms with E-state index in [2.05, 4.69) is 25.7 Å². The number of aromatic nitrogens is 3. The van der Waals surface area contributed by atoms with Gasteiger partial charge in [-0.05, 0) is 24.6 Å². The molecule has 0 fully saturated rings. The Bertz CT molecular complexity index is 1340. The van der Waals surface area contributed by atoms with Crippen molar-refractivity contribution in [3.8, 4) is 0 Å². The van der Waals surface area contributed by atoms with E-state index in [1.165, 1.54) is 24.9 Å². The summed E-state index contributed by atoms with van der Waals surface area (Å²) in [6.45, 7) is 1.24. The van der Waals surface area contributed by atoms with Gasteiger partial charge in [-0.1, -0.05) is 47.7 Å². The van der Waals surface area contributed by atoms with Gasteiger partial charge in [-0.15, -0.1) is 5.10 Å². The van der Waals surface area contributed by atoms with E-state index in [-0.39, 0.29) is 30.6 Å². The number of nitrogens with one attached hydrogen (secondary N) is 2. The third-order valence-corrected chi connectivity index (χ3v) is 5.98. The van der Waals surface area contributed by atoms with E-state index in [0.29, 0.717) is 5.69 Å². The van der Waals surface area contributed by atoms with Gasteiger partial charge >= 0.3 is 5.97 Å². The third kappa shape index (κ3) is 5.75. The minimum atomic E-state index is -1.09. The summed E-state index contributed by atoms with van der Waals surface area (Å²) >= 11 is 0. The lowest BCUT2D eigenvalue weighted by atomic mass is 10.0. The Labute approximate surface area is 217 Å². The summed E-state index contributed by atoms with van der Waals surface area (Å²) in [4.78, 5) is 64.1. The minimum Gasteiger partial charge on any atom is -0.467 e. The first-order valence-electron chi connectivity index (χ1n) is 11.8. The molecule has 0 unspecified atom stereocenters. The normalized spacial score (nSPS) is 14.0. The molecule has 0 saturated heterocycles. The second kappa shape index (κ2) is 11.5. The summed E-state index contributed by atoms with van der Waals surface area (Å²) in [7, 11) is 1.22. The smallest absolute Gasteiger partial charge is 0.328 e. The number of benzene rings is 2. The minimum absolute atomic E-state index is 0.0481. The molecule has 2 aromatic carbocycles. The van der Waals surface area contributed by atoms with Gasteiger partial charge < -0.3 is 15.4 Å². The van der Waals surface area contributed by atoms with Gasteiger partial charge in [0, 0.05) is 6.42 Å². The fraction of sp³-hybridized carbons (Fsp3) is 0.269. The van der Waals surface area contributed by atoms with E-state index in [0.717, 1.165) is 10.5 Å². The molecule has 1 aliphatic rings. The van der Waals surface area contributed by atoms with E-state index in [4.69, 9.17) is 0 Å². The summed E-state index contributed by atoms with van der Waals surface area (Å²) < 4.78 is 5.83. The lowest BCUT2D eigenvalue weighted by Gasteiger charge is -2.25. The molecule has 2 atom stereocenters. The predicted molar refractivity (Wildman–Crippen MR) is 132 cm³/mol. The number of nitrogens with zero attached hydrogens (tertiary/aromatic N) is 4. The summed E-state index contributed by atoms with van der Waals surface area (Å²) in [6, 6.07) is 13.6. The van der Waals surface area contributed by atoms with E-state index in [9.17, 15) is 24.0 Å². The lowest BCUT2D eigenvalue weighted by molar-refractivity contribution is -0.144. The van der Waals surface area contributed by atoms with Crippen LogP contribution in [0.4, 0.5) is 0 Å². The van der Waals surface area contributed by atoms with Gasteiger partial charge in [0.1, 0.15) is 24.3 Å². The van der Waals surface area contributed by atoms with Gasteiger partial charge in [0.15, 0.2) is 0 Å². The zero-order chi connectivity index (χ0) is 27.2. The summed E-state index contributed by atoms with van der Waals surface area (Å²) in [6.07, 6.45) is 1.60. The quantitative estimate of drug-likeness (QED) is 0.290. The van der Waals surface area contributed by atoms with E-state index in [1.54, 1.807) is 24.3 Å². The zero-order valence-corrected chi connectivity index (χ0v) is 20.8. The maximum atomic E-state index is 13.3. The van der Waals surface area contributed by atoms with Gasteiger partial charge in [-0.3, -0.25) is 24.1 Å². The topological polar surface area (TPSA) is 153 Å². The highest BCUT2D eigenvalue weighted by Crippen LogP contribution is 2.26. The molecule has 4 rings (SSSR count). The zero-order valence-electron chi connectivity index (χ0n) is 20.8. The molecule has 12 nitrogen and oxygen atoms in total. The van der Waals surface area contributed by atoms with Gasteiger partial charge in [0.2, 0.25) is 11.8 Å². The number of amides is 4. The Balaban J connectivity index is 1.44. The van der Waals surface area contributed by atoms with Crippen molar-refractivity contribution in [2.24, 2.45) is 0 Å². The molecule has 12 heteroatoms. The Hall–Kier alpha value is -4.87. The van der Waals surface area contributed by atoms with E-state index >= 15 is 0 Å². The molecule has 0 saturated carbocycles. The molecule has 0 aliphatic carbocycles. The number of ether oxygens (including phenoxy) is 1. The van der Waals surface area contributed by atoms with Crippen molar-refractivity contribution in [1.29, 1.82) is 0 Å². The van der Waals surface area contributed by atoms with Crippen molar-refractivity contribution in [2.75, 3.05) is 7.11 Å². The second-order valence-electron chi connectivity index (χ2n) is 8.67. The van der Waals surface area contributed by atoms with E-state index < -0.39 is 41.7 Å². The molecular formula is C26H26N6O6. The van der Waals surface area contributed by atoms with Crippen molar-refractivity contribution in [2.45, 2.75) is 38.5 Å². The first kappa shape index (κ1) is 26.2. The monoisotopic (exact) mass is 518 g/mol. The van der Waals surface area contributed by atoms with Crippen molar-refractivity contribution in [3.63, 3.8) is 0 Å². The van der Waals surface area contributed by atoms with Gasteiger partial charge in [0.25, 0.3) is 11.8 Å². The number of esters is 1. The van der Waals surface area contributed by atoms with Gasteiger partial charge in [-0.25, -0.2) is 9.48 Å². The Kier molecular flexibility index (Phi) is 7.90. The largest absolute Gasteiger partial charge is 0.467 e. The van der Waals surface area contributed by atoms with E-state index in [1.807, 2.05) is 30.3 Å². The highest BCUT2D eigenvalue weighted by molar-refractivity contribution is 6.22. The third-order valence-electron chi connectivity index (χ3n) is 5.98. The van der Waals surface area contributed by atoms with Crippen LogP contribution in [0.2, 0.25) is 0 Å². The van der Waals surface area contributed by atoms with Crippen LogP contribution in [-0.4, -0.2) is 68.7 Å². The number of hydrogen-bond donors (Lipinski definition) is 2. The van der Waals surface area contributed by atoms with Crippen LogP contribution in [0.15, 0.2) is 60.8 Å². The van der Waals surface area contributed by atoms with Crippen LogP contribution in [0.1, 0.15) is 38.9 Å². The Morgan fingerprint density at radius 1 is 0.974 bits per heavy atom. The van der Waals surface area contributed by atoms with Crippen molar-refractivity contribution < 1.29 is 28.7 Å². The van der Waals surface area contributed by atoms with Crippen LogP contribution in [-0.2, 0) is 38.6 Å². The average molecular weight is 519 g/mol. The number of imide groups is 1. The standard InChI is InChI=1S/C26H26N6O6/c1-16(26(37)38-2)28-22(33)15-31-14-18(29-30-31)13-27-23(34)21(12-17-8-4-3-5-9-17)32-24(35)19-10-6-7-11-20(19)25(32)36/h3-11,14,16,21H,12-13,15H2,1-2H3,(H,27,34)(H,28,33)/t16-,21-/m0/s1. The predicted octanol–water partition coefficient (Wildman–Crippen LogP) is 0.480. The van der Waals surface area contributed by atoms with Crippen molar-refractivity contribution in [3.05, 3.63) is 83.2 Å². The molecule has 1 aromatic heterocycles. The van der Waals surface area contributed by atoms with Crippen molar-refractivity contribution in [1.82, 2.24) is 30.5 Å². The Morgan fingerprint density at radius 3 is 2.24 bits per heavy atom. The molecule has 0 spiro atoms. The highest BCUT2D eigenvalue weighted by Gasteiger charge is 2.42. The highest BCUT2D eigenvalue weighted by atomic mass is 16.5. The first-order chi connectivity index (χ1) is 18.3. The molecule has 3 aromatic rings. The molecule has 0 radical (unpaired) electrons. The SMILES string of the molecule is COC(=O)[C@H](C)NC(=O)Cn1cc(CNC(=O)[C@H](Cc2ccccc2)N2C(=O)c3ccccc3C2=O)nn1. The van der Waals surface area contributed by atoms with Crippen LogP contribution in [0.25, 0.3) is 0 Å². The van der Waals surface area contributed by atoms with Crippen LogP contribution in [0.3, 0.4) is 0 Å². The number of carbonyl (C=O) groups excluding carboxylic acids is 5. The van der Waals surface area contributed by atoms with Crippen molar-refractivity contribution >= 4 is 29.6 Å². The van der Waals surface area contributed by atoms with Crippen LogP contribution in [0.5, 0.6) is 0 Å². The molecule has 1 aliphatic heterocycles. The molecular weight excluding hydrogens is 492 g/mol.